The first-order chi connectivity index (χ1) is 7.52. The van der Waals surface area contributed by atoms with E-state index in [9.17, 15) is 8.42 Å². The lowest BCUT2D eigenvalue weighted by Gasteiger charge is -2.23. The standard InChI is InChI=1S/C10H22N2O3S/c1-3-4-6-11(2)16(14,15)12-7-5-10(8-12)9-13/h10,13H,3-9H2,1-2H3. The van der Waals surface area contributed by atoms with E-state index in [1.807, 2.05) is 6.92 Å². The van der Waals surface area contributed by atoms with Crippen LogP contribution < -0.4 is 0 Å². The number of unbranched alkanes of at least 4 members (excludes halogenated alkanes) is 1. The second-order valence-electron chi connectivity index (χ2n) is 4.38. The Morgan fingerprint density at radius 3 is 2.69 bits per heavy atom. The van der Waals surface area contributed by atoms with Crippen molar-refractivity contribution in [3.05, 3.63) is 0 Å². The van der Waals surface area contributed by atoms with E-state index in [2.05, 4.69) is 0 Å². The van der Waals surface area contributed by atoms with Gasteiger partial charge in [-0.1, -0.05) is 13.3 Å². The van der Waals surface area contributed by atoms with Gasteiger partial charge in [0, 0.05) is 33.3 Å². The van der Waals surface area contributed by atoms with Gasteiger partial charge in [-0.15, -0.1) is 0 Å². The maximum Gasteiger partial charge on any atom is 0.281 e. The number of nitrogens with zero attached hydrogens (tertiary/aromatic N) is 2. The fraction of sp³-hybridized carbons (Fsp3) is 1.00. The van der Waals surface area contributed by atoms with Crippen molar-refractivity contribution in [1.82, 2.24) is 8.61 Å². The molecule has 96 valence electrons. The molecule has 1 unspecified atom stereocenters. The molecule has 0 aliphatic carbocycles. The summed E-state index contributed by atoms with van der Waals surface area (Å²) in [7, 11) is -1.68. The van der Waals surface area contributed by atoms with Gasteiger partial charge in [0.1, 0.15) is 0 Å². The van der Waals surface area contributed by atoms with Crippen LogP contribution in [0.5, 0.6) is 0 Å². The van der Waals surface area contributed by atoms with Crippen LogP contribution in [-0.4, -0.2) is 55.4 Å². The van der Waals surface area contributed by atoms with Crippen LogP contribution in [0.3, 0.4) is 0 Å². The SMILES string of the molecule is CCCCN(C)S(=O)(=O)N1CCC(CO)C1. The van der Waals surface area contributed by atoms with Crippen LogP contribution in [0.15, 0.2) is 0 Å². The zero-order chi connectivity index (χ0) is 12.2. The van der Waals surface area contributed by atoms with Crippen LogP contribution in [0.25, 0.3) is 0 Å². The van der Waals surface area contributed by atoms with E-state index in [4.69, 9.17) is 5.11 Å². The summed E-state index contributed by atoms with van der Waals surface area (Å²) in [5.41, 5.74) is 0. The highest BCUT2D eigenvalue weighted by Crippen LogP contribution is 2.20. The van der Waals surface area contributed by atoms with E-state index in [1.165, 1.54) is 8.61 Å². The van der Waals surface area contributed by atoms with Crippen LogP contribution in [0.1, 0.15) is 26.2 Å². The topological polar surface area (TPSA) is 60.9 Å². The third-order valence-corrected chi connectivity index (χ3v) is 5.01. The molecule has 6 heteroatoms. The molecule has 0 amide bonds. The van der Waals surface area contributed by atoms with Gasteiger partial charge >= 0.3 is 0 Å². The largest absolute Gasteiger partial charge is 0.396 e. The summed E-state index contributed by atoms with van der Waals surface area (Å²) in [4.78, 5) is 0. The van der Waals surface area contributed by atoms with Crippen LogP contribution in [0.2, 0.25) is 0 Å². The Kier molecular flexibility index (Phi) is 5.17. The van der Waals surface area contributed by atoms with Gasteiger partial charge < -0.3 is 5.11 Å². The molecule has 0 bridgehead atoms. The van der Waals surface area contributed by atoms with Crippen molar-refractivity contribution in [3.63, 3.8) is 0 Å². The Morgan fingerprint density at radius 2 is 2.19 bits per heavy atom. The molecule has 1 aliphatic heterocycles. The van der Waals surface area contributed by atoms with Gasteiger partial charge in [0.15, 0.2) is 0 Å². The normalized spacial score (nSPS) is 23.1. The minimum atomic E-state index is -3.30. The first-order valence-electron chi connectivity index (χ1n) is 5.84. The summed E-state index contributed by atoms with van der Waals surface area (Å²) in [6.45, 7) is 3.67. The maximum atomic E-state index is 12.1. The number of hydrogen-bond acceptors (Lipinski definition) is 3. The fourth-order valence-corrected chi connectivity index (χ4v) is 3.34. The number of hydrogen-bond donors (Lipinski definition) is 1. The molecule has 1 N–H and O–H groups in total. The molecule has 1 heterocycles. The van der Waals surface area contributed by atoms with Crippen LogP contribution in [-0.2, 0) is 10.2 Å². The van der Waals surface area contributed by atoms with E-state index in [0.29, 0.717) is 19.6 Å². The molecule has 0 aromatic heterocycles. The van der Waals surface area contributed by atoms with Crippen molar-refractivity contribution < 1.29 is 13.5 Å². The first kappa shape index (κ1) is 13.9. The van der Waals surface area contributed by atoms with Gasteiger partial charge in [0.2, 0.25) is 0 Å². The summed E-state index contributed by atoms with van der Waals surface area (Å²) in [6.07, 6.45) is 2.63. The molecule has 0 aromatic rings. The number of aliphatic hydroxyl groups is 1. The molecular weight excluding hydrogens is 228 g/mol. The molecule has 16 heavy (non-hydrogen) atoms. The molecule has 1 atom stereocenters. The zero-order valence-electron chi connectivity index (χ0n) is 10.1. The molecule has 1 fully saturated rings. The minimum Gasteiger partial charge on any atom is -0.396 e. The van der Waals surface area contributed by atoms with Crippen LogP contribution >= 0.6 is 0 Å². The lowest BCUT2D eigenvalue weighted by atomic mass is 10.1. The highest BCUT2D eigenvalue weighted by molar-refractivity contribution is 7.86. The highest BCUT2D eigenvalue weighted by Gasteiger charge is 2.33. The van der Waals surface area contributed by atoms with Crippen molar-refractivity contribution in [1.29, 1.82) is 0 Å². The molecule has 1 rings (SSSR count). The lowest BCUT2D eigenvalue weighted by Crippen LogP contribution is -2.41. The molecule has 1 aliphatic rings. The fourth-order valence-electron chi connectivity index (χ4n) is 1.85. The summed E-state index contributed by atoms with van der Waals surface area (Å²) < 4.78 is 27.0. The van der Waals surface area contributed by atoms with Crippen molar-refractivity contribution in [2.24, 2.45) is 5.92 Å². The Balaban J connectivity index is 2.57. The predicted octanol–water partition coefficient (Wildman–Crippen LogP) is 0.277. The van der Waals surface area contributed by atoms with Crippen molar-refractivity contribution in [2.45, 2.75) is 26.2 Å². The van der Waals surface area contributed by atoms with Gasteiger partial charge in [-0.05, 0) is 18.8 Å². The van der Waals surface area contributed by atoms with E-state index < -0.39 is 10.2 Å². The van der Waals surface area contributed by atoms with Gasteiger partial charge in [-0.3, -0.25) is 0 Å². The number of aliphatic hydroxyl groups excluding tert-OH is 1. The Labute approximate surface area is 98.2 Å². The smallest absolute Gasteiger partial charge is 0.281 e. The summed E-state index contributed by atoms with van der Waals surface area (Å²) in [6, 6.07) is 0. The maximum absolute atomic E-state index is 12.1. The summed E-state index contributed by atoms with van der Waals surface area (Å²) in [5, 5.41) is 8.99. The molecule has 0 saturated carbocycles. The van der Waals surface area contributed by atoms with E-state index in [1.54, 1.807) is 7.05 Å². The third kappa shape index (κ3) is 3.16. The molecule has 1 saturated heterocycles. The third-order valence-electron chi connectivity index (χ3n) is 3.05. The summed E-state index contributed by atoms with van der Waals surface area (Å²) in [5.74, 6) is 0.106. The number of rotatable bonds is 6. The van der Waals surface area contributed by atoms with Crippen LogP contribution in [0, 0.1) is 5.92 Å². The van der Waals surface area contributed by atoms with E-state index >= 15 is 0 Å². The second kappa shape index (κ2) is 5.95. The Morgan fingerprint density at radius 1 is 1.50 bits per heavy atom. The van der Waals surface area contributed by atoms with Gasteiger partial charge in [-0.2, -0.15) is 17.0 Å². The first-order valence-corrected chi connectivity index (χ1v) is 7.24. The van der Waals surface area contributed by atoms with E-state index in [-0.39, 0.29) is 12.5 Å². The molecule has 0 spiro atoms. The van der Waals surface area contributed by atoms with Crippen LogP contribution in [0.4, 0.5) is 0 Å². The lowest BCUT2D eigenvalue weighted by molar-refractivity contribution is 0.232. The van der Waals surface area contributed by atoms with Crippen molar-refractivity contribution in [3.8, 4) is 0 Å². The highest BCUT2D eigenvalue weighted by atomic mass is 32.2. The van der Waals surface area contributed by atoms with Gasteiger partial charge in [0.25, 0.3) is 10.2 Å². The zero-order valence-corrected chi connectivity index (χ0v) is 10.9. The van der Waals surface area contributed by atoms with Gasteiger partial charge in [0.05, 0.1) is 0 Å². The quantitative estimate of drug-likeness (QED) is 0.736. The summed E-state index contributed by atoms with van der Waals surface area (Å²) >= 11 is 0. The molecule has 0 aromatic carbocycles. The van der Waals surface area contributed by atoms with Crippen molar-refractivity contribution in [2.75, 3.05) is 33.3 Å². The monoisotopic (exact) mass is 250 g/mol. The Hall–Kier alpha value is -0.170. The average Bonchev–Trinajstić information content (AvgIpc) is 2.74. The molecular formula is C10H22N2O3S. The van der Waals surface area contributed by atoms with E-state index in [0.717, 1.165) is 19.3 Å². The van der Waals surface area contributed by atoms with Gasteiger partial charge in [-0.25, -0.2) is 0 Å². The van der Waals surface area contributed by atoms with Crippen molar-refractivity contribution >= 4 is 10.2 Å². The molecule has 0 radical (unpaired) electrons. The predicted molar refractivity (Wildman–Crippen MR) is 63.2 cm³/mol. The molecule has 5 nitrogen and oxygen atoms in total. The average molecular weight is 250 g/mol. The second-order valence-corrected chi connectivity index (χ2v) is 6.41. The minimum absolute atomic E-state index is 0.0741. The Bertz CT molecular complexity index is 305.